The molecule has 0 amide bonds. The van der Waals surface area contributed by atoms with Gasteiger partial charge in [0, 0.05) is 49.5 Å². The van der Waals surface area contributed by atoms with Gasteiger partial charge in [0.1, 0.15) is 18.0 Å². The van der Waals surface area contributed by atoms with Gasteiger partial charge in [0.25, 0.3) is 0 Å². The first kappa shape index (κ1) is 53.5. The van der Waals surface area contributed by atoms with Crippen molar-refractivity contribution >= 4 is 29.8 Å². The summed E-state index contributed by atoms with van der Waals surface area (Å²) in [6, 6.07) is 3.89. The largest absolute Gasteiger partial charge is 0.497 e. The molecule has 1 aromatic rings. The number of carbonyl (C=O) groups excluding carboxylic acids is 5. The molecule has 5 fully saturated rings. The molecule has 0 aromatic heterocycles. The Labute approximate surface area is 435 Å². The molecule has 402 valence electrons. The first-order valence-corrected chi connectivity index (χ1v) is 27.9. The van der Waals surface area contributed by atoms with Gasteiger partial charge in [-0.05, 0) is 165 Å². The molecule has 0 radical (unpaired) electrons. The summed E-state index contributed by atoms with van der Waals surface area (Å²) < 4.78 is 42.2. The second kappa shape index (κ2) is 19.0. The lowest BCUT2D eigenvalue weighted by molar-refractivity contribution is -0.214. The van der Waals surface area contributed by atoms with E-state index < -0.39 is 40.9 Å². The van der Waals surface area contributed by atoms with Crippen LogP contribution in [0, 0.1) is 62.1 Å². The van der Waals surface area contributed by atoms with Crippen LogP contribution in [0.25, 0.3) is 0 Å². The predicted octanol–water partition coefficient (Wildman–Crippen LogP) is 12.1. The number of benzene rings is 1. The molecule has 0 spiro atoms. The molecule has 12 heteroatoms. The fraction of sp³-hybridized carbons (Fsp3) is 0.754. The second-order valence-corrected chi connectivity index (χ2v) is 26.3. The van der Waals surface area contributed by atoms with Gasteiger partial charge in [-0.15, -0.1) is 0 Å². The summed E-state index contributed by atoms with van der Waals surface area (Å²) in [4.78, 5) is 66.5. The number of unbranched alkanes of at least 4 members (excludes halogenated alkanes) is 1. The molecule has 0 N–H and O–H groups in total. The van der Waals surface area contributed by atoms with Crippen LogP contribution in [0.3, 0.4) is 0 Å². The molecular weight excluding hydrogens is 925 g/mol. The number of esters is 5. The normalized spacial score (nSPS) is 38.5. The van der Waals surface area contributed by atoms with E-state index in [9.17, 15) is 24.0 Å². The second-order valence-electron chi connectivity index (χ2n) is 26.3. The smallest absolute Gasteiger partial charge is 0.312 e. The average molecular weight is 1010 g/mol. The number of ether oxygens (including phenoxy) is 7. The van der Waals surface area contributed by atoms with Gasteiger partial charge >= 0.3 is 29.8 Å². The van der Waals surface area contributed by atoms with Crippen molar-refractivity contribution in [3.8, 4) is 11.5 Å². The maximum atomic E-state index is 13.9. The lowest BCUT2D eigenvalue weighted by Crippen LogP contribution is -2.65. The molecule has 2 bridgehead atoms. The number of allylic oxidation sites excluding steroid dienone is 3. The van der Waals surface area contributed by atoms with Crippen LogP contribution in [0.4, 0.5) is 0 Å². The Morgan fingerprint density at radius 1 is 0.712 bits per heavy atom. The fourth-order valence-electron chi connectivity index (χ4n) is 18.1. The summed E-state index contributed by atoms with van der Waals surface area (Å²) >= 11 is 0. The van der Waals surface area contributed by atoms with Crippen molar-refractivity contribution in [2.24, 2.45) is 62.1 Å². The van der Waals surface area contributed by atoms with E-state index >= 15 is 0 Å². The molecular formula is C61H86O12. The molecule has 5 saturated carbocycles. The van der Waals surface area contributed by atoms with Gasteiger partial charge in [0.15, 0.2) is 17.6 Å². The minimum atomic E-state index is -0.910. The average Bonchev–Trinajstić information content (AvgIpc) is 3.32. The Hall–Kier alpha value is -4.35. The van der Waals surface area contributed by atoms with Gasteiger partial charge in [-0.1, -0.05) is 73.1 Å². The monoisotopic (exact) mass is 1010 g/mol. The van der Waals surface area contributed by atoms with E-state index in [2.05, 4.69) is 61.5 Å². The zero-order valence-corrected chi connectivity index (χ0v) is 46.5. The van der Waals surface area contributed by atoms with Crippen LogP contribution in [-0.2, 0) is 59.5 Å². The third kappa shape index (κ3) is 8.46. The molecule has 9 rings (SSSR count). The van der Waals surface area contributed by atoms with E-state index in [0.29, 0.717) is 67.1 Å². The Morgan fingerprint density at radius 3 is 2.08 bits per heavy atom. The van der Waals surface area contributed by atoms with E-state index in [1.807, 2.05) is 12.1 Å². The van der Waals surface area contributed by atoms with Crippen molar-refractivity contribution in [2.75, 3.05) is 21.3 Å². The van der Waals surface area contributed by atoms with Crippen LogP contribution in [0.1, 0.15) is 190 Å². The number of hydrogen-bond donors (Lipinski definition) is 0. The Kier molecular flexibility index (Phi) is 13.9. The molecule has 8 aliphatic carbocycles. The molecule has 8 aliphatic rings. The fourth-order valence-corrected chi connectivity index (χ4v) is 18.1. The standard InChI is InChI=1S/C61H86O12/c1-35-22-27-61-34-43(70-36(2)62)52(71-37(3)63)53(68-12)50(61)39(35)32-38-18-20-42(67-11)51(49(38)61)73-48(65)17-15-14-16-47(64)72-46-24-25-57(8)44(56(46,6)7)23-26-59(10)45(57)21-19-40-41-33-55(4,5)28-30-60(41,54(66)69-13)31-29-58(40,59)9/h18-20,35,39,41,43-46,52H,14-17,21-34H2,1-13H3/t35?,39-,41-,43?,44-,45+,46-,52?,57-,58+,59+,60-,61+/m0/s1. The number of fused-ring (bicyclic) bond motifs is 8. The Balaban J connectivity index is 0.863. The van der Waals surface area contributed by atoms with E-state index in [4.69, 9.17) is 33.2 Å². The first-order chi connectivity index (χ1) is 34.4. The van der Waals surface area contributed by atoms with Crippen LogP contribution in [0.2, 0.25) is 0 Å². The van der Waals surface area contributed by atoms with Crippen molar-refractivity contribution in [1.82, 2.24) is 0 Å². The summed E-state index contributed by atoms with van der Waals surface area (Å²) in [5.41, 5.74) is 3.35. The van der Waals surface area contributed by atoms with Crippen LogP contribution in [0.15, 0.2) is 35.1 Å². The van der Waals surface area contributed by atoms with E-state index in [-0.39, 0.29) is 69.8 Å². The summed E-state index contributed by atoms with van der Waals surface area (Å²) in [6.45, 7) is 22.0. The van der Waals surface area contributed by atoms with Crippen LogP contribution in [-0.4, -0.2) is 69.5 Å². The zero-order valence-electron chi connectivity index (χ0n) is 46.5. The molecule has 0 saturated heterocycles. The third-order valence-corrected chi connectivity index (χ3v) is 21.9. The van der Waals surface area contributed by atoms with Gasteiger partial charge in [-0.2, -0.15) is 0 Å². The van der Waals surface area contributed by atoms with Gasteiger partial charge in [-0.3, -0.25) is 24.0 Å². The molecule has 1 aromatic carbocycles. The Morgan fingerprint density at radius 2 is 1.41 bits per heavy atom. The lowest BCUT2D eigenvalue weighted by Gasteiger charge is -2.71. The highest BCUT2D eigenvalue weighted by atomic mass is 16.6. The minimum absolute atomic E-state index is 0.00148. The highest BCUT2D eigenvalue weighted by Crippen LogP contribution is 2.76. The summed E-state index contributed by atoms with van der Waals surface area (Å²) in [6.07, 6.45) is 14.3. The van der Waals surface area contributed by atoms with Crippen molar-refractivity contribution in [3.63, 3.8) is 0 Å². The number of rotatable bonds is 12. The maximum absolute atomic E-state index is 13.9. The molecule has 0 heterocycles. The summed E-state index contributed by atoms with van der Waals surface area (Å²) in [7, 11) is 4.69. The van der Waals surface area contributed by atoms with Crippen LogP contribution >= 0.6 is 0 Å². The molecule has 12 nitrogen and oxygen atoms in total. The van der Waals surface area contributed by atoms with E-state index in [0.717, 1.165) is 87.3 Å². The van der Waals surface area contributed by atoms with Gasteiger partial charge in [0.2, 0.25) is 0 Å². The number of carbonyl (C=O) groups is 5. The number of methoxy groups -OCH3 is 3. The third-order valence-electron chi connectivity index (χ3n) is 21.9. The van der Waals surface area contributed by atoms with Crippen LogP contribution in [0.5, 0.6) is 11.5 Å². The molecule has 73 heavy (non-hydrogen) atoms. The van der Waals surface area contributed by atoms with E-state index in [1.165, 1.54) is 19.4 Å². The predicted molar refractivity (Wildman–Crippen MR) is 275 cm³/mol. The molecule has 13 atom stereocenters. The molecule has 3 unspecified atom stereocenters. The zero-order chi connectivity index (χ0) is 52.8. The minimum Gasteiger partial charge on any atom is -0.497 e. The van der Waals surface area contributed by atoms with Gasteiger partial charge in [0.05, 0.1) is 26.7 Å². The van der Waals surface area contributed by atoms with E-state index in [1.54, 1.807) is 21.3 Å². The van der Waals surface area contributed by atoms with Crippen molar-refractivity contribution in [2.45, 2.75) is 209 Å². The topological polar surface area (TPSA) is 150 Å². The Bertz CT molecular complexity index is 2460. The highest BCUT2D eigenvalue weighted by molar-refractivity contribution is 5.79. The summed E-state index contributed by atoms with van der Waals surface area (Å²) in [5.74, 6) is 1.03. The number of hydrogen-bond acceptors (Lipinski definition) is 12. The highest BCUT2D eigenvalue weighted by Gasteiger charge is 2.70. The lowest BCUT2D eigenvalue weighted by atomic mass is 9.33. The first-order valence-electron chi connectivity index (χ1n) is 27.9. The van der Waals surface area contributed by atoms with Crippen molar-refractivity contribution in [1.29, 1.82) is 0 Å². The van der Waals surface area contributed by atoms with Gasteiger partial charge < -0.3 is 33.2 Å². The maximum Gasteiger partial charge on any atom is 0.312 e. The van der Waals surface area contributed by atoms with Crippen molar-refractivity contribution < 1.29 is 57.1 Å². The summed E-state index contributed by atoms with van der Waals surface area (Å²) in [5, 5.41) is 0. The quantitative estimate of drug-likeness (QED) is 0.0644. The van der Waals surface area contributed by atoms with Crippen LogP contribution < -0.4 is 9.47 Å². The SMILES string of the molecule is COC(=O)[C@]12CCC(C)(C)C[C@H]1C1=CC[C@@H]3[C@@]4(C)CC[C@H](OC(=O)CCCCC(=O)Oc5c(OC)ccc6c5[C@]57CCC(C)[C@H](C6)C5=C(OC)C(OC(C)=O)C(OC(C)=O)C7)C(C)(C)[C@@H]4CC[C@@]3(C)[C@]1(C)CC2. The molecule has 0 aliphatic heterocycles. The van der Waals surface area contributed by atoms with Crippen molar-refractivity contribution in [3.05, 3.63) is 46.2 Å². The van der Waals surface area contributed by atoms with Gasteiger partial charge in [-0.25, -0.2) is 0 Å².